The van der Waals surface area contributed by atoms with Gasteiger partial charge >= 0.3 is 0 Å². The van der Waals surface area contributed by atoms with Crippen LogP contribution in [-0.4, -0.2) is 52.2 Å². The number of sulfone groups is 1. The highest BCUT2D eigenvalue weighted by Gasteiger charge is 2.35. The Morgan fingerprint density at radius 3 is 2.67 bits per heavy atom. The predicted molar refractivity (Wildman–Crippen MR) is 85.0 cm³/mol. The van der Waals surface area contributed by atoms with Crippen molar-refractivity contribution in [1.82, 2.24) is 4.98 Å². The van der Waals surface area contributed by atoms with Crippen molar-refractivity contribution >= 4 is 21.2 Å². The molecule has 0 radical (unpaired) electrons. The van der Waals surface area contributed by atoms with Crippen LogP contribution in [0.25, 0.3) is 0 Å². The third-order valence-corrected chi connectivity index (χ3v) is 5.57. The lowest BCUT2D eigenvalue weighted by Crippen LogP contribution is -2.35. The molecule has 1 aliphatic rings. The van der Waals surface area contributed by atoms with E-state index < -0.39 is 9.84 Å². The van der Waals surface area contributed by atoms with E-state index in [-0.39, 0.29) is 11.3 Å². The minimum atomic E-state index is -3.06. The molecule has 1 N–H and O–H groups in total. The minimum absolute atomic E-state index is 0.100. The van der Waals surface area contributed by atoms with Crippen molar-refractivity contribution in [2.75, 3.05) is 37.7 Å². The fraction of sp³-hybridized carbons (Fsp3) is 0.643. The summed E-state index contributed by atoms with van der Waals surface area (Å²) >= 11 is 0. The standard InChI is InChI=1S/C14H23N3O3S/c1-17(2)11-8-9-15-14(20-3)13(11)16-10-6-5-7-12(10)21(4,18)19/h8-10,12,16H,5-7H2,1-4H3. The number of hydrogen-bond donors (Lipinski definition) is 1. The van der Waals surface area contributed by atoms with Crippen LogP contribution in [0.15, 0.2) is 12.3 Å². The summed E-state index contributed by atoms with van der Waals surface area (Å²) in [4.78, 5) is 6.16. The van der Waals surface area contributed by atoms with Crippen LogP contribution in [0.3, 0.4) is 0 Å². The van der Waals surface area contributed by atoms with Gasteiger partial charge in [0, 0.05) is 32.6 Å². The van der Waals surface area contributed by atoms with Crippen molar-refractivity contribution in [2.45, 2.75) is 30.6 Å². The summed E-state index contributed by atoms with van der Waals surface area (Å²) in [5.41, 5.74) is 1.69. The SMILES string of the molecule is COc1nccc(N(C)C)c1NC1CCCC1S(C)(=O)=O. The van der Waals surface area contributed by atoms with Crippen molar-refractivity contribution in [1.29, 1.82) is 0 Å². The van der Waals surface area contributed by atoms with Crippen molar-refractivity contribution in [3.63, 3.8) is 0 Å². The second-order valence-electron chi connectivity index (χ2n) is 5.66. The molecule has 0 aromatic carbocycles. The number of nitrogens with zero attached hydrogens (tertiary/aromatic N) is 2. The summed E-state index contributed by atoms with van der Waals surface area (Å²) < 4.78 is 29.1. The van der Waals surface area contributed by atoms with Crippen molar-refractivity contribution in [3.05, 3.63) is 12.3 Å². The molecular weight excluding hydrogens is 290 g/mol. The number of pyridine rings is 1. The van der Waals surface area contributed by atoms with Gasteiger partial charge in [-0.05, 0) is 25.3 Å². The van der Waals surface area contributed by atoms with Gasteiger partial charge in [-0.3, -0.25) is 0 Å². The van der Waals surface area contributed by atoms with Crippen LogP contribution >= 0.6 is 0 Å². The average molecular weight is 313 g/mol. The molecule has 6 nitrogen and oxygen atoms in total. The van der Waals surface area contributed by atoms with Gasteiger partial charge < -0.3 is 15.0 Å². The Hall–Kier alpha value is -1.50. The predicted octanol–water partition coefficient (Wildman–Crippen LogP) is 1.53. The highest BCUT2D eigenvalue weighted by atomic mass is 32.2. The summed E-state index contributed by atoms with van der Waals surface area (Å²) in [6.45, 7) is 0. The van der Waals surface area contributed by atoms with Gasteiger partial charge in [0.2, 0.25) is 5.88 Å². The normalized spacial score (nSPS) is 22.1. The number of nitrogens with one attached hydrogen (secondary N) is 1. The van der Waals surface area contributed by atoms with Gasteiger partial charge in [0.1, 0.15) is 5.69 Å². The van der Waals surface area contributed by atoms with Gasteiger partial charge in [0.15, 0.2) is 9.84 Å². The number of ether oxygens (including phenoxy) is 1. The Balaban J connectivity index is 2.34. The van der Waals surface area contributed by atoms with E-state index in [0.717, 1.165) is 24.2 Å². The molecule has 1 aromatic heterocycles. The maximum Gasteiger partial charge on any atom is 0.239 e. The zero-order valence-electron chi connectivity index (χ0n) is 13.0. The Labute approximate surface area is 126 Å². The molecule has 1 heterocycles. The minimum Gasteiger partial charge on any atom is -0.479 e. The van der Waals surface area contributed by atoms with E-state index in [1.54, 1.807) is 13.3 Å². The van der Waals surface area contributed by atoms with E-state index in [1.165, 1.54) is 6.26 Å². The summed E-state index contributed by atoms with van der Waals surface area (Å²) in [6.07, 6.45) is 5.45. The number of rotatable bonds is 5. The van der Waals surface area contributed by atoms with E-state index >= 15 is 0 Å². The molecule has 1 aliphatic carbocycles. The molecule has 21 heavy (non-hydrogen) atoms. The first-order chi connectivity index (χ1) is 9.84. The Morgan fingerprint density at radius 1 is 1.38 bits per heavy atom. The molecule has 2 unspecified atom stereocenters. The summed E-state index contributed by atoms with van der Waals surface area (Å²) in [6, 6.07) is 1.78. The van der Waals surface area contributed by atoms with Crippen LogP contribution in [0.2, 0.25) is 0 Å². The van der Waals surface area contributed by atoms with Crippen LogP contribution in [0.4, 0.5) is 11.4 Å². The molecule has 2 rings (SSSR count). The van der Waals surface area contributed by atoms with Gasteiger partial charge in [0.05, 0.1) is 18.0 Å². The topological polar surface area (TPSA) is 71.5 Å². The smallest absolute Gasteiger partial charge is 0.239 e. The summed E-state index contributed by atoms with van der Waals surface area (Å²) in [7, 11) is 2.37. The van der Waals surface area contributed by atoms with E-state index in [4.69, 9.17) is 4.74 Å². The average Bonchev–Trinajstić information content (AvgIpc) is 2.87. The molecule has 1 saturated carbocycles. The number of anilines is 2. The van der Waals surface area contributed by atoms with Crippen LogP contribution in [0.5, 0.6) is 5.88 Å². The van der Waals surface area contributed by atoms with Gasteiger partial charge in [-0.25, -0.2) is 13.4 Å². The van der Waals surface area contributed by atoms with Crippen LogP contribution in [0, 0.1) is 0 Å². The molecule has 118 valence electrons. The van der Waals surface area contributed by atoms with Gasteiger partial charge in [0.25, 0.3) is 0 Å². The first kappa shape index (κ1) is 15.9. The second-order valence-corrected chi connectivity index (χ2v) is 7.92. The molecule has 1 fully saturated rings. The van der Waals surface area contributed by atoms with E-state index in [0.29, 0.717) is 12.3 Å². The maximum atomic E-state index is 11.9. The summed E-state index contributed by atoms with van der Waals surface area (Å²) in [5.74, 6) is 0.486. The number of aromatic nitrogens is 1. The molecule has 0 spiro atoms. The molecule has 0 saturated heterocycles. The molecular formula is C14H23N3O3S. The van der Waals surface area contributed by atoms with Crippen molar-refractivity contribution in [3.8, 4) is 5.88 Å². The van der Waals surface area contributed by atoms with Crippen LogP contribution in [0.1, 0.15) is 19.3 Å². The molecule has 0 amide bonds. The van der Waals surface area contributed by atoms with Crippen LogP contribution < -0.4 is 15.0 Å². The Bertz CT molecular complexity index is 601. The first-order valence-electron chi connectivity index (χ1n) is 7.00. The molecule has 0 bridgehead atoms. The lowest BCUT2D eigenvalue weighted by molar-refractivity contribution is 0.399. The zero-order valence-corrected chi connectivity index (χ0v) is 13.8. The molecule has 1 aromatic rings. The van der Waals surface area contributed by atoms with Gasteiger partial charge in [-0.1, -0.05) is 0 Å². The van der Waals surface area contributed by atoms with Gasteiger partial charge in [-0.15, -0.1) is 0 Å². The fourth-order valence-electron chi connectivity index (χ4n) is 2.89. The molecule has 2 atom stereocenters. The lowest BCUT2D eigenvalue weighted by Gasteiger charge is -2.25. The van der Waals surface area contributed by atoms with Crippen LogP contribution in [-0.2, 0) is 9.84 Å². The maximum absolute atomic E-state index is 11.9. The van der Waals surface area contributed by atoms with Crippen molar-refractivity contribution < 1.29 is 13.2 Å². The monoisotopic (exact) mass is 313 g/mol. The highest BCUT2D eigenvalue weighted by molar-refractivity contribution is 7.91. The second kappa shape index (κ2) is 6.09. The molecule has 0 aliphatic heterocycles. The quantitative estimate of drug-likeness (QED) is 0.889. The Kier molecular flexibility index (Phi) is 4.61. The summed E-state index contributed by atoms with van der Waals surface area (Å²) in [5, 5.41) is 3.01. The largest absolute Gasteiger partial charge is 0.479 e. The van der Waals surface area contributed by atoms with E-state index in [1.807, 2.05) is 25.1 Å². The zero-order chi connectivity index (χ0) is 15.6. The van der Waals surface area contributed by atoms with Crippen molar-refractivity contribution in [2.24, 2.45) is 0 Å². The lowest BCUT2D eigenvalue weighted by atomic mass is 10.2. The van der Waals surface area contributed by atoms with E-state index in [2.05, 4.69) is 10.3 Å². The number of methoxy groups -OCH3 is 1. The fourth-order valence-corrected chi connectivity index (χ4v) is 4.28. The van der Waals surface area contributed by atoms with Gasteiger partial charge in [-0.2, -0.15) is 0 Å². The number of hydrogen-bond acceptors (Lipinski definition) is 6. The van der Waals surface area contributed by atoms with E-state index in [9.17, 15) is 8.42 Å². The third kappa shape index (κ3) is 3.40. The Morgan fingerprint density at radius 2 is 2.10 bits per heavy atom. The highest BCUT2D eigenvalue weighted by Crippen LogP contribution is 2.36. The molecule has 7 heteroatoms. The first-order valence-corrected chi connectivity index (χ1v) is 8.95. The third-order valence-electron chi connectivity index (χ3n) is 3.90.